The molecule has 0 spiro atoms. The lowest BCUT2D eigenvalue weighted by Gasteiger charge is -2.39. The van der Waals surface area contributed by atoms with Crippen molar-refractivity contribution in [1.82, 2.24) is 0 Å². The summed E-state index contributed by atoms with van der Waals surface area (Å²) in [6.07, 6.45) is 2.24. The number of carbonyl (C=O) groups is 1. The third-order valence-electron chi connectivity index (χ3n) is 7.07. The standard InChI is InChI=1S/C27H36N2O4/c1-18-13-22(14-27(30)31)29(16-18)21-6-9-23(10-7-21)33-26-11-12-28(17-20(26)3)25-15-24(32-4)8-5-19(25)2/h5-10,15,18,20,22,26H,11-14,16-17H2,1-4H3,(H,30,31)/t18-,20?,22-,26?/m1/s1. The first-order chi connectivity index (χ1) is 15.8. The predicted molar refractivity (Wildman–Crippen MR) is 132 cm³/mol. The van der Waals surface area contributed by atoms with Gasteiger partial charge in [-0.05, 0) is 55.2 Å². The molecule has 2 aliphatic heterocycles. The summed E-state index contributed by atoms with van der Waals surface area (Å²) >= 11 is 0. The van der Waals surface area contributed by atoms with Gasteiger partial charge >= 0.3 is 5.97 Å². The Morgan fingerprint density at radius 3 is 2.48 bits per heavy atom. The topological polar surface area (TPSA) is 62.2 Å². The second kappa shape index (κ2) is 9.94. The van der Waals surface area contributed by atoms with E-state index in [1.54, 1.807) is 7.11 Å². The maximum absolute atomic E-state index is 11.3. The van der Waals surface area contributed by atoms with Gasteiger partial charge < -0.3 is 24.4 Å². The molecule has 6 heteroatoms. The molecule has 2 aromatic carbocycles. The van der Waals surface area contributed by atoms with E-state index in [0.717, 1.165) is 49.7 Å². The Morgan fingerprint density at radius 1 is 1.09 bits per heavy atom. The Bertz CT molecular complexity index is 961. The Labute approximate surface area is 197 Å². The van der Waals surface area contributed by atoms with E-state index in [4.69, 9.17) is 9.47 Å². The van der Waals surface area contributed by atoms with E-state index in [0.29, 0.717) is 11.8 Å². The molecular weight excluding hydrogens is 416 g/mol. The highest BCUT2D eigenvalue weighted by Gasteiger charge is 2.32. The van der Waals surface area contributed by atoms with Crippen LogP contribution < -0.4 is 19.3 Å². The first kappa shape index (κ1) is 23.3. The molecule has 0 aromatic heterocycles. The van der Waals surface area contributed by atoms with Crippen LogP contribution in [0.1, 0.15) is 38.7 Å². The molecule has 2 fully saturated rings. The maximum Gasteiger partial charge on any atom is 0.305 e. The van der Waals surface area contributed by atoms with Crippen molar-refractivity contribution in [3.05, 3.63) is 48.0 Å². The van der Waals surface area contributed by atoms with Crippen LogP contribution >= 0.6 is 0 Å². The minimum absolute atomic E-state index is 0.0636. The molecule has 0 bridgehead atoms. The molecule has 0 aliphatic carbocycles. The van der Waals surface area contributed by atoms with Crippen LogP contribution in [0.3, 0.4) is 0 Å². The molecule has 2 heterocycles. The number of benzene rings is 2. The number of hydrogen-bond acceptors (Lipinski definition) is 5. The number of aryl methyl sites for hydroxylation is 1. The van der Waals surface area contributed by atoms with Crippen LogP contribution in [-0.2, 0) is 4.79 Å². The van der Waals surface area contributed by atoms with Crippen LogP contribution in [0.2, 0.25) is 0 Å². The van der Waals surface area contributed by atoms with Crippen LogP contribution in [0.4, 0.5) is 11.4 Å². The molecule has 0 amide bonds. The molecule has 4 atom stereocenters. The summed E-state index contributed by atoms with van der Waals surface area (Å²) in [5.74, 6) is 1.93. The van der Waals surface area contributed by atoms with Crippen LogP contribution in [0.5, 0.6) is 11.5 Å². The van der Waals surface area contributed by atoms with Crippen molar-refractivity contribution in [3.63, 3.8) is 0 Å². The summed E-state index contributed by atoms with van der Waals surface area (Å²) in [6, 6.07) is 14.5. The fourth-order valence-corrected chi connectivity index (χ4v) is 5.33. The van der Waals surface area contributed by atoms with Crippen LogP contribution in [0.25, 0.3) is 0 Å². The number of ether oxygens (including phenoxy) is 2. The highest BCUT2D eigenvalue weighted by Crippen LogP contribution is 2.34. The van der Waals surface area contributed by atoms with Crippen LogP contribution in [-0.4, -0.2) is 50.0 Å². The van der Waals surface area contributed by atoms with E-state index in [-0.39, 0.29) is 18.6 Å². The summed E-state index contributed by atoms with van der Waals surface area (Å²) in [4.78, 5) is 15.9. The van der Waals surface area contributed by atoms with E-state index in [1.165, 1.54) is 11.3 Å². The Morgan fingerprint density at radius 2 is 1.82 bits per heavy atom. The smallest absolute Gasteiger partial charge is 0.305 e. The largest absolute Gasteiger partial charge is 0.497 e. The normalized spacial score (nSPS) is 25.2. The van der Waals surface area contributed by atoms with Gasteiger partial charge in [-0.15, -0.1) is 0 Å². The second-order valence-electron chi connectivity index (χ2n) is 9.76. The van der Waals surface area contributed by atoms with Gasteiger partial charge in [-0.3, -0.25) is 4.79 Å². The number of carboxylic acid groups (broad SMARTS) is 1. The monoisotopic (exact) mass is 452 g/mol. The third-order valence-corrected chi connectivity index (χ3v) is 7.07. The number of piperidine rings is 1. The van der Waals surface area contributed by atoms with Crippen LogP contribution in [0, 0.1) is 18.8 Å². The van der Waals surface area contributed by atoms with E-state index in [9.17, 15) is 9.90 Å². The quantitative estimate of drug-likeness (QED) is 0.639. The molecular formula is C27H36N2O4. The van der Waals surface area contributed by atoms with Crippen molar-refractivity contribution in [1.29, 1.82) is 0 Å². The molecule has 178 valence electrons. The maximum atomic E-state index is 11.3. The minimum atomic E-state index is -0.733. The van der Waals surface area contributed by atoms with Gasteiger partial charge in [-0.25, -0.2) is 0 Å². The number of methoxy groups -OCH3 is 1. The third kappa shape index (κ3) is 5.37. The van der Waals surface area contributed by atoms with Crippen LogP contribution in [0.15, 0.2) is 42.5 Å². The highest BCUT2D eigenvalue weighted by molar-refractivity contribution is 5.69. The Kier molecular flexibility index (Phi) is 7.01. The number of hydrogen-bond donors (Lipinski definition) is 1. The van der Waals surface area contributed by atoms with Gasteiger partial charge in [-0.1, -0.05) is 19.9 Å². The van der Waals surface area contributed by atoms with E-state index in [1.807, 2.05) is 18.2 Å². The lowest BCUT2D eigenvalue weighted by atomic mass is 9.95. The minimum Gasteiger partial charge on any atom is -0.497 e. The summed E-state index contributed by atoms with van der Waals surface area (Å²) in [5.41, 5.74) is 3.57. The Balaban J connectivity index is 1.38. The van der Waals surface area contributed by atoms with Gasteiger partial charge in [0.2, 0.25) is 0 Å². The molecule has 6 nitrogen and oxygen atoms in total. The number of rotatable bonds is 7. The fourth-order valence-electron chi connectivity index (χ4n) is 5.33. The first-order valence-electron chi connectivity index (χ1n) is 12.0. The lowest BCUT2D eigenvalue weighted by molar-refractivity contribution is -0.137. The molecule has 33 heavy (non-hydrogen) atoms. The predicted octanol–water partition coefficient (Wildman–Crippen LogP) is 4.99. The molecule has 2 saturated heterocycles. The number of carboxylic acids is 1. The van der Waals surface area contributed by atoms with Gasteiger partial charge in [-0.2, -0.15) is 0 Å². The molecule has 0 radical (unpaired) electrons. The van der Waals surface area contributed by atoms with Gasteiger partial charge in [0.25, 0.3) is 0 Å². The van der Waals surface area contributed by atoms with Crippen molar-refractivity contribution in [2.45, 2.75) is 52.2 Å². The zero-order chi connectivity index (χ0) is 23.5. The van der Waals surface area contributed by atoms with Crippen molar-refractivity contribution in [2.24, 2.45) is 11.8 Å². The van der Waals surface area contributed by atoms with E-state index < -0.39 is 5.97 Å². The zero-order valence-electron chi connectivity index (χ0n) is 20.2. The van der Waals surface area contributed by atoms with E-state index in [2.05, 4.69) is 54.8 Å². The van der Waals surface area contributed by atoms with Gasteiger partial charge in [0.15, 0.2) is 0 Å². The zero-order valence-corrected chi connectivity index (χ0v) is 20.2. The van der Waals surface area contributed by atoms with E-state index >= 15 is 0 Å². The number of aliphatic carboxylic acids is 1. The average molecular weight is 453 g/mol. The fraction of sp³-hybridized carbons (Fsp3) is 0.519. The molecule has 1 N–H and O–H groups in total. The number of nitrogens with zero attached hydrogens (tertiary/aromatic N) is 2. The lowest BCUT2D eigenvalue weighted by Crippen LogP contribution is -2.44. The SMILES string of the molecule is COc1ccc(C)c(N2CCC(Oc3ccc(N4C[C@H](C)C[C@@H]4CC(=O)O)cc3)C(C)C2)c1. The first-order valence-corrected chi connectivity index (χ1v) is 12.0. The van der Waals surface area contributed by atoms with Crippen molar-refractivity contribution in [2.75, 3.05) is 36.5 Å². The number of anilines is 2. The molecule has 2 unspecified atom stereocenters. The van der Waals surface area contributed by atoms with Crippen molar-refractivity contribution >= 4 is 17.3 Å². The van der Waals surface area contributed by atoms with Gasteiger partial charge in [0.1, 0.15) is 17.6 Å². The van der Waals surface area contributed by atoms with Crippen molar-refractivity contribution < 1.29 is 19.4 Å². The molecule has 2 aliphatic rings. The summed E-state index contributed by atoms with van der Waals surface area (Å²) in [5, 5.41) is 9.25. The molecule has 0 saturated carbocycles. The van der Waals surface area contributed by atoms with Gasteiger partial charge in [0.05, 0.1) is 13.5 Å². The Hall–Kier alpha value is -2.89. The molecule has 4 rings (SSSR count). The summed E-state index contributed by atoms with van der Waals surface area (Å²) in [6.45, 7) is 9.38. The summed E-state index contributed by atoms with van der Waals surface area (Å²) in [7, 11) is 1.71. The average Bonchev–Trinajstić information content (AvgIpc) is 3.15. The van der Waals surface area contributed by atoms with Gasteiger partial charge in [0, 0.05) is 55.5 Å². The van der Waals surface area contributed by atoms with Crippen molar-refractivity contribution in [3.8, 4) is 11.5 Å². The molecule has 2 aromatic rings. The highest BCUT2D eigenvalue weighted by atomic mass is 16.5. The second-order valence-corrected chi connectivity index (χ2v) is 9.76. The summed E-state index contributed by atoms with van der Waals surface area (Å²) < 4.78 is 11.8.